The number of carbonyl (C=O) groups is 1. The molecule has 1 aromatic carbocycles. The Labute approximate surface area is 110 Å². The molecule has 1 amide bonds. The highest BCUT2D eigenvalue weighted by atomic mass is 79.9. The Morgan fingerprint density at radius 1 is 1.47 bits per heavy atom. The lowest BCUT2D eigenvalue weighted by Crippen LogP contribution is -2.34. The average molecular weight is 297 g/mol. The van der Waals surface area contributed by atoms with Gasteiger partial charge in [0.2, 0.25) is 5.91 Å². The summed E-state index contributed by atoms with van der Waals surface area (Å²) in [5, 5.41) is 0. The molecule has 2 N–H and O–H groups in total. The van der Waals surface area contributed by atoms with E-state index in [1.165, 1.54) is 18.4 Å². The summed E-state index contributed by atoms with van der Waals surface area (Å²) >= 11 is 3.46. The highest BCUT2D eigenvalue weighted by Gasteiger charge is 2.24. The van der Waals surface area contributed by atoms with Crippen molar-refractivity contribution in [1.29, 1.82) is 0 Å². The van der Waals surface area contributed by atoms with Crippen LogP contribution in [0.4, 0.5) is 0 Å². The topological polar surface area (TPSA) is 46.3 Å². The second-order valence-electron chi connectivity index (χ2n) is 4.71. The second kappa shape index (κ2) is 5.65. The molecule has 3 nitrogen and oxygen atoms in total. The molecule has 0 radical (unpaired) electrons. The van der Waals surface area contributed by atoms with Crippen LogP contribution in [0.25, 0.3) is 0 Å². The normalized spacial score (nSPS) is 15.2. The lowest BCUT2D eigenvalue weighted by atomic mass is 10.2. The van der Waals surface area contributed by atoms with Crippen molar-refractivity contribution in [2.75, 3.05) is 13.1 Å². The fraction of sp³-hybridized carbons (Fsp3) is 0.462. The van der Waals surface area contributed by atoms with Crippen molar-refractivity contribution in [2.24, 2.45) is 11.7 Å². The SMILES string of the molecule is NC(=O)CN(Cc1cccc(Br)c1)CC1CC1. The van der Waals surface area contributed by atoms with Crippen LogP contribution in [0.3, 0.4) is 0 Å². The number of hydrogen-bond donors (Lipinski definition) is 1. The summed E-state index contributed by atoms with van der Waals surface area (Å²) in [7, 11) is 0. The van der Waals surface area contributed by atoms with E-state index in [1.807, 2.05) is 12.1 Å². The molecule has 1 fully saturated rings. The first-order valence-electron chi connectivity index (χ1n) is 5.88. The molecule has 92 valence electrons. The summed E-state index contributed by atoms with van der Waals surface area (Å²) in [6.45, 7) is 2.12. The van der Waals surface area contributed by atoms with E-state index >= 15 is 0 Å². The molecule has 1 aromatic rings. The zero-order chi connectivity index (χ0) is 12.3. The minimum Gasteiger partial charge on any atom is -0.369 e. The number of rotatable bonds is 6. The molecule has 0 atom stereocenters. The third-order valence-electron chi connectivity index (χ3n) is 2.89. The van der Waals surface area contributed by atoms with Gasteiger partial charge < -0.3 is 5.73 Å². The van der Waals surface area contributed by atoms with Crippen LogP contribution >= 0.6 is 15.9 Å². The van der Waals surface area contributed by atoms with Gasteiger partial charge in [-0.1, -0.05) is 28.1 Å². The maximum atomic E-state index is 11.0. The number of benzene rings is 1. The lowest BCUT2D eigenvalue weighted by molar-refractivity contribution is -0.119. The van der Waals surface area contributed by atoms with Gasteiger partial charge in [-0.2, -0.15) is 0 Å². The number of primary amides is 1. The Balaban J connectivity index is 1.97. The van der Waals surface area contributed by atoms with E-state index in [0.717, 1.165) is 23.5 Å². The molecule has 2 rings (SSSR count). The highest BCUT2D eigenvalue weighted by molar-refractivity contribution is 9.10. The Morgan fingerprint density at radius 3 is 2.82 bits per heavy atom. The van der Waals surface area contributed by atoms with Crippen molar-refractivity contribution in [3.63, 3.8) is 0 Å². The van der Waals surface area contributed by atoms with Gasteiger partial charge in [0.05, 0.1) is 6.54 Å². The first kappa shape index (κ1) is 12.6. The van der Waals surface area contributed by atoms with Gasteiger partial charge in [0.25, 0.3) is 0 Å². The maximum absolute atomic E-state index is 11.0. The van der Waals surface area contributed by atoms with Crippen LogP contribution in [0.1, 0.15) is 18.4 Å². The molecule has 1 saturated carbocycles. The van der Waals surface area contributed by atoms with Crippen molar-refractivity contribution in [1.82, 2.24) is 4.90 Å². The molecule has 0 saturated heterocycles. The van der Waals surface area contributed by atoms with Gasteiger partial charge in [-0.15, -0.1) is 0 Å². The molecule has 0 unspecified atom stereocenters. The molecule has 0 bridgehead atoms. The fourth-order valence-corrected chi connectivity index (χ4v) is 2.41. The summed E-state index contributed by atoms with van der Waals surface area (Å²) in [6, 6.07) is 8.17. The fourth-order valence-electron chi connectivity index (χ4n) is 1.96. The average Bonchev–Trinajstić information content (AvgIpc) is 3.00. The maximum Gasteiger partial charge on any atom is 0.231 e. The summed E-state index contributed by atoms with van der Waals surface area (Å²) in [5.74, 6) is 0.516. The predicted octanol–water partition coefficient (Wildman–Crippen LogP) is 2.15. The van der Waals surface area contributed by atoms with E-state index in [4.69, 9.17) is 5.73 Å². The van der Waals surface area contributed by atoms with Gasteiger partial charge in [0.15, 0.2) is 0 Å². The number of amides is 1. The summed E-state index contributed by atoms with van der Waals surface area (Å²) in [5.41, 5.74) is 6.49. The number of nitrogens with zero attached hydrogens (tertiary/aromatic N) is 1. The molecule has 0 spiro atoms. The van der Waals surface area contributed by atoms with Crippen LogP contribution in [0.2, 0.25) is 0 Å². The second-order valence-corrected chi connectivity index (χ2v) is 5.62. The van der Waals surface area contributed by atoms with E-state index in [9.17, 15) is 4.79 Å². The Hall–Kier alpha value is -0.870. The predicted molar refractivity (Wildman–Crippen MR) is 71.3 cm³/mol. The van der Waals surface area contributed by atoms with Gasteiger partial charge in [-0.3, -0.25) is 9.69 Å². The Kier molecular flexibility index (Phi) is 4.18. The first-order chi connectivity index (χ1) is 8.13. The molecule has 0 aromatic heterocycles. The van der Waals surface area contributed by atoms with E-state index in [2.05, 4.69) is 33.0 Å². The Morgan fingerprint density at radius 2 is 2.24 bits per heavy atom. The standard InChI is InChI=1S/C13H17BrN2O/c14-12-3-1-2-11(6-12)8-16(9-13(15)17)7-10-4-5-10/h1-3,6,10H,4-5,7-9H2,(H2,15,17). The van der Waals surface area contributed by atoms with Crippen molar-refractivity contribution in [3.05, 3.63) is 34.3 Å². The van der Waals surface area contributed by atoms with Crippen LogP contribution in [0.15, 0.2) is 28.7 Å². The van der Waals surface area contributed by atoms with Gasteiger partial charge in [-0.25, -0.2) is 0 Å². The van der Waals surface area contributed by atoms with E-state index in [1.54, 1.807) is 0 Å². The number of carbonyl (C=O) groups excluding carboxylic acids is 1. The summed E-state index contributed by atoms with van der Waals surface area (Å²) in [6.07, 6.45) is 2.57. The van der Waals surface area contributed by atoms with Crippen LogP contribution < -0.4 is 5.73 Å². The first-order valence-corrected chi connectivity index (χ1v) is 6.68. The monoisotopic (exact) mass is 296 g/mol. The highest BCUT2D eigenvalue weighted by Crippen LogP contribution is 2.30. The third kappa shape index (κ3) is 4.48. The van der Waals surface area contributed by atoms with Gasteiger partial charge in [0.1, 0.15) is 0 Å². The smallest absolute Gasteiger partial charge is 0.231 e. The summed E-state index contributed by atoms with van der Waals surface area (Å²) < 4.78 is 1.07. The molecule has 0 heterocycles. The summed E-state index contributed by atoms with van der Waals surface area (Å²) in [4.78, 5) is 13.2. The van der Waals surface area contributed by atoms with Gasteiger partial charge in [0, 0.05) is 17.6 Å². The minimum atomic E-state index is -0.249. The van der Waals surface area contributed by atoms with E-state index in [0.29, 0.717) is 6.54 Å². The van der Waals surface area contributed by atoms with Crippen LogP contribution in [-0.4, -0.2) is 23.9 Å². The van der Waals surface area contributed by atoms with Crippen molar-refractivity contribution in [2.45, 2.75) is 19.4 Å². The molecule has 0 aliphatic heterocycles. The molecule has 1 aliphatic rings. The third-order valence-corrected chi connectivity index (χ3v) is 3.38. The molecular weight excluding hydrogens is 280 g/mol. The zero-order valence-corrected chi connectivity index (χ0v) is 11.3. The van der Waals surface area contributed by atoms with E-state index in [-0.39, 0.29) is 5.91 Å². The number of nitrogens with two attached hydrogens (primary N) is 1. The van der Waals surface area contributed by atoms with Crippen LogP contribution in [0.5, 0.6) is 0 Å². The van der Waals surface area contributed by atoms with Gasteiger partial charge >= 0.3 is 0 Å². The zero-order valence-electron chi connectivity index (χ0n) is 9.73. The van der Waals surface area contributed by atoms with E-state index < -0.39 is 0 Å². The van der Waals surface area contributed by atoms with Crippen LogP contribution in [0, 0.1) is 5.92 Å². The van der Waals surface area contributed by atoms with Crippen LogP contribution in [-0.2, 0) is 11.3 Å². The van der Waals surface area contributed by atoms with Crippen molar-refractivity contribution >= 4 is 21.8 Å². The van der Waals surface area contributed by atoms with Crippen molar-refractivity contribution in [3.8, 4) is 0 Å². The van der Waals surface area contributed by atoms with Crippen molar-refractivity contribution < 1.29 is 4.79 Å². The quantitative estimate of drug-likeness (QED) is 0.874. The molecular formula is C13H17BrN2O. The molecule has 1 aliphatic carbocycles. The van der Waals surface area contributed by atoms with Gasteiger partial charge in [-0.05, 0) is 36.5 Å². The minimum absolute atomic E-state index is 0.249. The Bertz CT molecular complexity index is 404. The largest absolute Gasteiger partial charge is 0.369 e. The molecule has 4 heteroatoms. The molecule has 17 heavy (non-hydrogen) atoms. The number of hydrogen-bond acceptors (Lipinski definition) is 2. The lowest BCUT2D eigenvalue weighted by Gasteiger charge is -2.20. The number of halogens is 1.